The molecule has 6 heteroatoms. The van der Waals surface area contributed by atoms with E-state index in [0.29, 0.717) is 25.6 Å². The molecule has 3 rings (SSSR count). The number of fused-ring (bicyclic) bond motifs is 1. The highest BCUT2D eigenvalue weighted by molar-refractivity contribution is 5.43. The predicted molar refractivity (Wildman–Crippen MR) is 85.5 cm³/mol. The maximum Gasteiger partial charge on any atom is 0.240 e. The summed E-state index contributed by atoms with van der Waals surface area (Å²) in [6.45, 7) is 7.82. The normalized spacial score (nSPS) is 13.5. The minimum absolute atomic E-state index is 0.607. The number of benzene rings is 1. The Morgan fingerprint density at radius 2 is 1.91 bits per heavy atom. The van der Waals surface area contributed by atoms with Gasteiger partial charge in [0.25, 0.3) is 0 Å². The zero-order valence-electron chi connectivity index (χ0n) is 13.7. The van der Waals surface area contributed by atoms with E-state index in [0.717, 1.165) is 43.3 Å². The van der Waals surface area contributed by atoms with Crippen molar-refractivity contribution < 1.29 is 14.0 Å². The average Bonchev–Trinajstić information content (AvgIpc) is 3.01. The van der Waals surface area contributed by atoms with Crippen LogP contribution in [0.1, 0.15) is 37.5 Å². The molecule has 0 bridgehead atoms. The van der Waals surface area contributed by atoms with Gasteiger partial charge in [-0.3, -0.25) is 4.90 Å². The fraction of sp³-hybridized carbons (Fsp3) is 0.529. The molecular weight excluding hydrogens is 294 g/mol. The summed E-state index contributed by atoms with van der Waals surface area (Å²) in [5.41, 5.74) is 1.18. The lowest BCUT2D eigenvalue weighted by Crippen LogP contribution is -2.23. The van der Waals surface area contributed by atoms with Crippen LogP contribution in [0, 0.1) is 0 Å². The van der Waals surface area contributed by atoms with Gasteiger partial charge in [-0.05, 0) is 30.7 Å². The smallest absolute Gasteiger partial charge is 0.240 e. The van der Waals surface area contributed by atoms with Crippen LogP contribution in [0.4, 0.5) is 0 Å². The van der Waals surface area contributed by atoms with Crippen molar-refractivity contribution in [2.24, 2.45) is 0 Å². The van der Waals surface area contributed by atoms with Gasteiger partial charge in [-0.1, -0.05) is 25.1 Å². The molecule has 1 aromatic heterocycles. The summed E-state index contributed by atoms with van der Waals surface area (Å²) >= 11 is 0. The van der Waals surface area contributed by atoms with Crippen LogP contribution in [-0.4, -0.2) is 34.8 Å². The summed E-state index contributed by atoms with van der Waals surface area (Å²) in [7, 11) is 0. The van der Waals surface area contributed by atoms with Crippen LogP contribution in [0.2, 0.25) is 0 Å². The van der Waals surface area contributed by atoms with E-state index in [1.807, 2.05) is 12.1 Å². The van der Waals surface area contributed by atoms with E-state index < -0.39 is 0 Å². The number of aryl methyl sites for hydroxylation is 1. The van der Waals surface area contributed by atoms with Gasteiger partial charge in [-0.15, -0.1) is 0 Å². The first-order chi connectivity index (χ1) is 11.3. The number of hydrogen-bond acceptors (Lipinski definition) is 6. The van der Waals surface area contributed by atoms with Crippen LogP contribution in [-0.2, 0) is 19.5 Å². The minimum atomic E-state index is 0.607. The van der Waals surface area contributed by atoms with Gasteiger partial charge in [0.05, 0.1) is 6.54 Å². The number of rotatable bonds is 7. The zero-order valence-corrected chi connectivity index (χ0v) is 13.7. The molecule has 0 N–H and O–H groups in total. The van der Waals surface area contributed by atoms with Gasteiger partial charge >= 0.3 is 0 Å². The lowest BCUT2D eigenvalue weighted by molar-refractivity contribution is 0.170. The van der Waals surface area contributed by atoms with Crippen molar-refractivity contribution in [2.45, 2.75) is 39.8 Å². The van der Waals surface area contributed by atoms with Crippen LogP contribution in [0.3, 0.4) is 0 Å². The monoisotopic (exact) mass is 317 g/mol. The Bertz CT molecular complexity index is 642. The zero-order chi connectivity index (χ0) is 16.1. The Kier molecular flexibility index (Phi) is 5.12. The summed E-state index contributed by atoms with van der Waals surface area (Å²) in [6, 6.07) is 6.10. The van der Waals surface area contributed by atoms with Crippen molar-refractivity contribution in [2.75, 3.05) is 19.8 Å². The first kappa shape index (κ1) is 15.8. The Morgan fingerprint density at radius 3 is 2.70 bits per heavy atom. The fourth-order valence-electron chi connectivity index (χ4n) is 2.59. The maximum atomic E-state index is 5.64. The van der Waals surface area contributed by atoms with Gasteiger partial charge in [-0.2, -0.15) is 4.98 Å². The highest BCUT2D eigenvalue weighted by Gasteiger charge is 2.15. The molecule has 1 aliphatic rings. The van der Waals surface area contributed by atoms with Crippen LogP contribution in [0.15, 0.2) is 22.7 Å². The van der Waals surface area contributed by atoms with E-state index >= 15 is 0 Å². The standard InChI is InChI=1S/C17H23N3O3/c1-3-5-16-18-17(23-19-16)12-20(4-2)11-13-6-7-14-15(10-13)22-9-8-21-14/h6-7,10H,3-5,8-9,11-12H2,1-2H3. The molecule has 2 aromatic rings. The van der Waals surface area contributed by atoms with E-state index in [-0.39, 0.29) is 0 Å². The number of aromatic nitrogens is 2. The molecule has 0 fully saturated rings. The molecule has 1 aromatic carbocycles. The second-order valence-electron chi connectivity index (χ2n) is 5.64. The van der Waals surface area contributed by atoms with E-state index in [2.05, 4.69) is 35.0 Å². The van der Waals surface area contributed by atoms with Crippen molar-refractivity contribution in [3.63, 3.8) is 0 Å². The lowest BCUT2D eigenvalue weighted by Gasteiger charge is -2.21. The molecule has 23 heavy (non-hydrogen) atoms. The Morgan fingerprint density at radius 1 is 1.09 bits per heavy atom. The Hall–Kier alpha value is -2.08. The van der Waals surface area contributed by atoms with Crippen LogP contribution < -0.4 is 9.47 Å². The molecular formula is C17H23N3O3. The molecule has 1 aliphatic heterocycles. The van der Waals surface area contributed by atoms with Crippen molar-refractivity contribution in [3.8, 4) is 11.5 Å². The molecule has 0 amide bonds. The maximum absolute atomic E-state index is 5.64. The van der Waals surface area contributed by atoms with Crippen molar-refractivity contribution >= 4 is 0 Å². The third-order valence-corrected chi connectivity index (χ3v) is 3.80. The van der Waals surface area contributed by atoms with Gasteiger partial charge in [0.15, 0.2) is 17.3 Å². The molecule has 124 valence electrons. The average molecular weight is 317 g/mol. The molecule has 0 aliphatic carbocycles. The quantitative estimate of drug-likeness (QED) is 0.782. The molecule has 6 nitrogen and oxygen atoms in total. The second-order valence-corrected chi connectivity index (χ2v) is 5.64. The predicted octanol–water partition coefficient (Wildman–Crippen LogP) is 2.82. The second kappa shape index (κ2) is 7.46. The Balaban J connectivity index is 1.64. The van der Waals surface area contributed by atoms with Gasteiger partial charge in [0, 0.05) is 13.0 Å². The molecule has 0 spiro atoms. The summed E-state index contributed by atoms with van der Waals surface area (Å²) in [5.74, 6) is 3.11. The van der Waals surface area contributed by atoms with Crippen LogP contribution in [0.5, 0.6) is 11.5 Å². The summed E-state index contributed by atoms with van der Waals surface area (Å²) in [4.78, 5) is 6.69. The number of ether oxygens (including phenoxy) is 2. The molecule has 0 atom stereocenters. The number of hydrogen-bond donors (Lipinski definition) is 0. The highest BCUT2D eigenvalue weighted by atomic mass is 16.6. The lowest BCUT2D eigenvalue weighted by atomic mass is 10.2. The Labute approximate surface area is 136 Å². The third-order valence-electron chi connectivity index (χ3n) is 3.80. The van der Waals surface area contributed by atoms with E-state index in [1.165, 1.54) is 5.56 Å². The van der Waals surface area contributed by atoms with Gasteiger partial charge < -0.3 is 14.0 Å². The number of nitrogens with zero attached hydrogens (tertiary/aromatic N) is 3. The summed E-state index contributed by atoms with van der Waals surface area (Å²) in [5, 5.41) is 4.01. The molecule has 0 saturated carbocycles. The highest BCUT2D eigenvalue weighted by Crippen LogP contribution is 2.31. The van der Waals surface area contributed by atoms with Crippen LogP contribution in [0.25, 0.3) is 0 Å². The first-order valence-corrected chi connectivity index (χ1v) is 8.20. The molecule has 0 unspecified atom stereocenters. The van der Waals surface area contributed by atoms with E-state index in [9.17, 15) is 0 Å². The van der Waals surface area contributed by atoms with Gasteiger partial charge in [-0.25, -0.2) is 0 Å². The van der Waals surface area contributed by atoms with Gasteiger partial charge in [0.1, 0.15) is 13.2 Å². The first-order valence-electron chi connectivity index (χ1n) is 8.20. The molecule has 0 radical (unpaired) electrons. The van der Waals surface area contributed by atoms with E-state index in [1.54, 1.807) is 0 Å². The van der Waals surface area contributed by atoms with Gasteiger partial charge in [0.2, 0.25) is 5.89 Å². The largest absolute Gasteiger partial charge is 0.486 e. The minimum Gasteiger partial charge on any atom is -0.486 e. The third kappa shape index (κ3) is 4.01. The fourth-order valence-corrected chi connectivity index (χ4v) is 2.59. The summed E-state index contributed by atoms with van der Waals surface area (Å²) < 4.78 is 16.5. The van der Waals surface area contributed by atoms with E-state index in [4.69, 9.17) is 14.0 Å². The molecule has 0 saturated heterocycles. The molecule has 2 heterocycles. The van der Waals surface area contributed by atoms with Crippen molar-refractivity contribution in [1.82, 2.24) is 15.0 Å². The van der Waals surface area contributed by atoms with Crippen LogP contribution >= 0.6 is 0 Å². The SMILES string of the molecule is CCCc1noc(CN(CC)Cc2ccc3c(c2)OCCO3)n1. The van der Waals surface area contributed by atoms with Crippen molar-refractivity contribution in [1.29, 1.82) is 0 Å². The van der Waals surface area contributed by atoms with Crippen molar-refractivity contribution in [3.05, 3.63) is 35.5 Å². The topological polar surface area (TPSA) is 60.6 Å². The summed E-state index contributed by atoms with van der Waals surface area (Å²) in [6.07, 6.45) is 1.88.